The van der Waals surface area contributed by atoms with E-state index in [1.165, 1.54) is 16.5 Å². The molecule has 2 heteroatoms. The largest absolute Gasteiger partial charge is 0.321 e. The Bertz CT molecular complexity index is 618. The molecule has 0 radical (unpaired) electrons. The van der Waals surface area contributed by atoms with Crippen molar-refractivity contribution in [2.24, 2.45) is 0 Å². The van der Waals surface area contributed by atoms with Crippen LogP contribution in [0.2, 0.25) is 0 Å². The summed E-state index contributed by atoms with van der Waals surface area (Å²) in [5.74, 6) is 0.0422. The molecule has 2 aromatic rings. The van der Waals surface area contributed by atoms with E-state index in [1.807, 2.05) is 12.1 Å². The molecule has 1 aliphatic heterocycles. The third-order valence-electron chi connectivity index (χ3n) is 3.49. The fraction of sp³-hybridized carbons (Fsp3) is 0.154. The van der Waals surface area contributed by atoms with Crippen LogP contribution in [0.3, 0.4) is 0 Å². The highest BCUT2D eigenvalue weighted by Gasteiger charge is 2.26. The number of hydrogen-bond acceptors (Lipinski definition) is 1. The first-order valence-corrected chi connectivity index (χ1v) is 5.23. The molecule has 0 unspecified atom stereocenters. The van der Waals surface area contributed by atoms with Crippen molar-refractivity contribution in [2.75, 3.05) is 5.32 Å². The van der Waals surface area contributed by atoms with Crippen LogP contribution < -0.4 is 5.32 Å². The first-order chi connectivity index (χ1) is 7.34. The summed E-state index contributed by atoms with van der Waals surface area (Å²) in [7, 11) is 0. The molecule has 2 aromatic carbocycles. The van der Waals surface area contributed by atoms with Crippen molar-refractivity contribution in [3.05, 3.63) is 41.0 Å². The molecule has 0 fully saturated rings. The monoisotopic (exact) mass is 195 g/mol. The summed E-state index contributed by atoms with van der Waals surface area (Å²) in [4.78, 5) is 11.7. The van der Waals surface area contributed by atoms with Gasteiger partial charge in [-0.25, -0.2) is 0 Å². The smallest absolute Gasteiger partial charge is 0.256 e. The molecule has 15 heavy (non-hydrogen) atoms. The summed E-state index contributed by atoms with van der Waals surface area (Å²) in [5.41, 5.74) is 4.61. The number of rotatable bonds is 0. The maximum atomic E-state index is 11.7. The second-order valence-corrected chi connectivity index (χ2v) is 4.25. The van der Waals surface area contributed by atoms with E-state index in [0.717, 1.165) is 29.5 Å². The zero-order valence-corrected chi connectivity index (χ0v) is 8.13. The molecule has 2 nitrogen and oxygen atoms in total. The molecule has 0 atom stereocenters. The van der Waals surface area contributed by atoms with Gasteiger partial charge in [0.2, 0.25) is 0 Å². The lowest BCUT2D eigenvalue weighted by atomic mass is 10.0. The number of carbonyl (C=O) groups excluding carboxylic acids is 1. The van der Waals surface area contributed by atoms with Gasteiger partial charge in [-0.1, -0.05) is 12.1 Å². The van der Waals surface area contributed by atoms with Gasteiger partial charge in [-0.3, -0.25) is 4.79 Å². The van der Waals surface area contributed by atoms with E-state index in [0.29, 0.717) is 0 Å². The number of benzene rings is 2. The molecule has 1 aliphatic carbocycles. The van der Waals surface area contributed by atoms with Crippen LogP contribution in [0.5, 0.6) is 0 Å². The van der Waals surface area contributed by atoms with Gasteiger partial charge in [0.25, 0.3) is 5.91 Å². The zero-order valence-electron chi connectivity index (χ0n) is 8.13. The van der Waals surface area contributed by atoms with E-state index in [9.17, 15) is 4.79 Å². The number of carbonyl (C=O) groups is 1. The Hall–Kier alpha value is -1.83. The third kappa shape index (κ3) is 0.743. The van der Waals surface area contributed by atoms with Crippen LogP contribution in [0, 0.1) is 0 Å². The second-order valence-electron chi connectivity index (χ2n) is 4.25. The molecular weight excluding hydrogens is 186 g/mol. The van der Waals surface area contributed by atoms with E-state index in [4.69, 9.17) is 0 Å². The van der Waals surface area contributed by atoms with Crippen molar-refractivity contribution in [3.63, 3.8) is 0 Å². The molecule has 0 saturated heterocycles. The highest BCUT2D eigenvalue weighted by atomic mass is 16.1. The molecule has 0 spiro atoms. The summed E-state index contributed by atoms with van der Waals surface area (Å²) in [6.07, 6.45) is 2.23. The Kier molecular flexibility index (Phi) is 1.10. The van der Waals surface area contributed by atoms with E-state index < -0.39 is 0 Å². The standard InChI is InChI=1S/C13H9NO/c15-13-9-5-3-7-1-2-8-4-6-10(14-13)12(9)11(7)8/h3-6H,1-2H2,(H,14,15). The molecule has 0 saturated carbocycles. The van der Waals surface area contributed by atoms with Gasteiger partial charge in [0.1, 0.15) is 0 Å². The molecule has 0 bridgehead atoms. The minimum absolute atomic E-state index is 0.0422. The quantitative estimate of drug-likeness (QED) is 0.687. The van der Waals surface area contributed by atoms with Gasteiger partial charge in [-0.2, -0.15) is 0 Å². The van der Waals surface area contributed by atoms with Gasteiger partial charge in [-0.05, 0) is 41.5 Å². The SMILES string of the molecule is O=C1Nc2ccc3c4c(ccc1c24)CC3. The van der Waals surface area contributed by atoms with Gasteiger partial charge in [0, 0.05) is 16.6 Å². The van der Waals surface area contributed by atoms with Crippen LogP contribution in [0.1, 0.15) is 21.5 Å². The molecule has 1 N–H and O–H groups in total. The minimum atomic E-state index is 0.0422. The summed E-state index contributed by atoms with van der Waals surface area (Å²) < 4.78 is 0. The Balaban J connectivity index is 2.33. The van der Waals surface area contributed by atoms with Crippen LogP contribution in [-0.4, -0.2) is 5.91 Å². The summed E-state index contributed by atoms with van der Waals surface area (Å²) >= 11 is 0. The average Bonchev–Trinajstić information content (AvgIpc) is 2.78. The molecule has 72 valence electrons. The van der Waals surface area contributed by atoms with Gasteiger partial charge >= 0.3 is 0 Å². The van der Waals surface area contributed by atoms with Crippen molar-refractivity contribution >= 4 is 22.4 Å². The van der Waals surface area contributed by atoms with Crippen molar-refractivity contribution in [3.8, 4) is 0 Å². The number of amides is 1. The van der Waals surface area contributed by atoms with Crippen molar-refractivity contribution in [1.82, 2.24) is 0 Å². The fourth-order valence-electron chi connectivity index (χ4n) is 2.81. The normalized spacial score (nSPS) is 16.1. The van der Waals surface area contributed by atoms with Crippen LogP contribution >= 0.6 is 0 Å². The lowest BCUT2D eigenvalue weighted by Gasteiger charge is -2.02. The highest BCUT2D eigenvalue weighted by molar-refractivity contribution is 6.25. The van der Waals surface area contributed by atoms with E-state index in [1.54, 1.807) is 0 Å². The number of anilines is 1. The average molecular weight is 195 g/mol. The van der Waals surface area contributed by atoms with Crippen LogP contribution in [0.25, 0.3) is 10.8 Å². The van der Waals surface area contributed by atoms with Crippen molar-refractivity contribution in [2.45, 2.75) is 12.8 Å². The summed E-state index contributed by atoms with van der Waals surface area (Å²) in [6, 6.07) is 8.23. The van der Waals surface area contributed by atoms with Gasteiger partial charge in [-0.15, -0.1) is 0 Å². The van der Waals surface area contributed by atoms with E-state index >= 15 is 0 Å². The molecule has 1 amide bonds. The van der Waals surface area contributed by atoms with Gasteiger partial charge < -0.3 is 5.32 Å². The lowest BCUT2D eigenvalue weighted by Crippen LogP contribution is -2.03. The number of aryl methyl sites for hydroxylation is 2. The predicted octanol–water partition coefficient (Wildman–Crippen LogP) is 2.50. The second kappa shape index (κ2) is 2.22. The maximum Gasteiger partial charge on any atom is 0.256 e. The Labute approximate surface area is 86.9 Å². The zero-order chi connectivity index (χ0) is 9.99. The van der Waals surface area contributed by atoms with Crippen LogP contribution in [0.4, 0.5) is 5.69 Å². The Morgan fingerprint density at radius 1 is 0.933 bits per heavy atom. The van der Waals surface area contributed by atoms with Crippen LogP contribution in [-0.2, 0) is 12.8 Å². The van der Waals surface area contributed by atoms with Crippen LogP contribution in [0.15, 0.2) is 24.3 Å². The third-order valence-corrected chi connectivity index (χ3v) is 3.49. The Morgan fingerprint density at radius 2 is 1.67 bits per heavy atom. The Morgan fingerprint density at radius 3 is 2.47 bits per heavy atom. The summed E-state index contributed by atoms with van der Waals surface area (Å²) in [6.45, 7) is 0. The van der Waals surface area contributed by atoms with E-state index in [2.05, 4.69) is 17.4 Å². The van der Waals surface area contributed by atoms with Gasteiger partial charge in [0.05, 0.1) is 0 Å². The lowest BCUT2D eigenvalue weighted by molar-refractivity contribution is 0.103. The molecule has 0 aromatic heterocycles. The maximum absolute atomic E-state index is 11.7. The molecular formula is C13H9NO. The number of nitrogens with one attached hydrogen (secondary N) is 1. The topological polar surface area (TPSA) is 29.1 Å². The molecule has 4 rings (SSSR count). The highest BCUT2D eigenvalue weighted by Crippen LogP contribution is 2.40. The van der Waals surface area contributed by atoms with Gasteiger partial charge in [0.15, 0.2) is 0 Å². The van der Waals surface area contributed by atoms with E-state index in [-0.39, 0.29) is 5.91 Å². The fourth-order valence-corrected chi connectivity index (χ4v) is 2.81. The predicted molar refractivity (Wildman–Crippen MR) is 59.3 cm³/mol. The first-order valence-electron chi connectivity index (χ1n) is 5.23. The van der Waals surface area contributed by atoms with Crippen molar-refractivity contribution < 1.29 is 4.79 Å². The number of hydrogen-bond donors (Lipinski definition) is 1. The molecule has 2 aliphatic rings. The summed E-state index contributed by atoms with van der Waals surface area (Å²) in [5, 5.41) is 5.38. The van der Waals surface area contributed by atoms with Crippen molar-refractivity contribution in [1.29, 1.82) is 0 Å². The molecule has 1 heterocycles. The minimum Gasteiger partial charge on any atom is -0.321 e. The first kappa shape index (κ1) is 7.46.